The maximum Gasteiger partial charge on any atom is 0.220 e. The second-order valence-corrected chi connectivity index (χ2v) is 3.59. The molecular formula is C12H10FN3O. The Kier molecular flexibility index (Phi) is 2.82. The number of hydrogen-bond donors (Lipinski definition) is 1. The summed E-state index contributed by atoms with van der Waals surface area (Å²) in [5.74, 6) is -0.641. The van der Waals surface area contributed by atoms with Gasteiger partial charge in [0.15, 0.2) is 0 Å². The third-order valence-corrected chi connectivity index (χ3v) is 2.21. The van der Waals surface area contributed by atoms with Gasteiger partial charge in [-0.15, -0.1) is 0 Å². The fourth-order valence-electron chi connectivity index (χ4n) is 1.46. The van der Waals surface area contributed by atoms with Crippen molar-refractivity contribution in [1.29, 1.82) is 0 Å². The number of rotatable bonds is 2. The molecular weight excluding hydrogens is 221 g/mol. The van der Waals surface area contributed by atoms with Crippen LogP contribution >= 0.6 is 0 Å². The van der Waals surface area contributed by atoms with Crippen molar-refractivity contribution in [3.8, 4) is 0 Å². The molecule has 0 saturated heterocycles. The van der Waals surface area contributed by atoms with Crippen LogP contribution in [0.3, 0.4) is 0 Å². The molecule has 0 bridgehead atoms. The van der Waals surface area contributed by atoms with Gasteiger partial charge in [-0.2, -0.15) is 0 Å². The highest BCUT2D eigenvalue weighted by atomic mass is 19.1. The highest BCUT2D eigenvalue weighted by Crippen LogP contribution is 2.10. The summed E-state index contributed by atoms with van der Waals surface area (Å²) in [5, 5.41) is 0. The van der Waals surface area contributed by atoms with Crippen molar-refractivity contribution in [1.82, 2.24) is 9.97 Å². The average Bonchev–Trinajstić information content (AvgIpc) is 2.28. The molecule has 5 heteroatoms. The molecule has 2 N–H and O–H groups in total. The molecule has 2 aromatic rings. The van der Waals surface area contributed by atoms with Crippen LogP contribution in [0.15, 0.2) is 30.3 Å². The molecule has 0 fully saturated rings. The Labute approximate surface area is 97.3 Å². The van der Waals surface area contributed by atoms with E-state index < -0.39 is 0 Å². The van der Waals surface area contributed by atoms with E-state index in [-0.39, 0.29) is 23.2 Å². The number of ketones is 1. The smallest absolute Gasteiger partial charge is 0.220 e. The summed E-state index contributed by atoms with van der Waals surface area (Å²) < 4.78 is 12.7. The molecule has 2 rings (SSSR count). The van der Waals surface area contributed by atoms with Crippen molar-refractivity contribution >= 4 is 11.7 Å². The number of benzene rings is 1. The lowest BCUT2D eigenvalue weighted by Gasteiger charge is -2.02. The quantitative estimate of drug-likeness (QED) is 0.799. The average molecular weight is 231 g/mol. The normalized spacial score (nSPS) is 10.2. The van der Waals surface area contributed by atoms with Crippen LogP contribution in [0.2, 0.25) is 0 Å². The number of nitrogens with zero attached hydrogens (tertiary/aromatic N) is 2. The van der Waals surface area contributed by atoms with Crippen molar-refractivity contribution in [2.45, 2.75) is 6.92 Å². The minimum absolute atomic E-state index is 0.0514. The molecule has 0 amide bonds. The fourth-order valence-corrected chi connectivity index (χ4v) is 1.46. The monoisotopic (exact) mass is 231 g/mol. The third kappa shape index (κ3) is 2.44. The number of nitrogens with two attached hydrogens (primary N) is 1. The van der Waals surface area contributed by atoms with E-state index in [0.29, 0.717) is 11.3 Å². The highest BCUT2D eigenvalue weighted by Gasteiger charge is 2.12. The van der Waals surface area contributed by atoms with Crippen LogP contribution in [0.5, 0.6) is 0 Å². The van der Waals surface area contributed by atoms with Gasteiger partial charge in [0.05, 0.1) is 0 Å². The Hall–Kier alpha value is -2.30. The molecule has 0 aliphatic carbocycles. The van der Waals surface area contributed by atoms with Crippen LogP contribution in [0.1, 0.15) is 21.7 Å². The molecule has 4 nitrogen and oxygen atoms in total. The van der Waals surface area contributed by atoms with Crippen LogP contribution in [0.25, 0.3) is 0 Å². The van der Waals surface area contributed by atoms with Gasteiger partial charge >= 0.3 is 0 Å². The number of aromatic nitrogens is 2. The summed E-state index contributed by atoms with van der Waals surface area (Å²) in [6.07, 6.45) is 0. The van der Waals surface area contributed by atoms with E-state index in [4.69, 9.17) is 5.73 Å². The summed E-state index contributed by atoms with van der Waals surface area (Å²) >= 11 is 0. The number of carbonyl (C=O) groups is 1. The number of hydrogen-bond acceptors (Lipinski definition) is 4. The standard InChI is InChI=1S/C12H10FN3O/c1-7-6-10(16-12(14)15-7)11(17)8-2-4-9(13)5-3-8/h2-6H,1H3,(H2,14,15,16). The van der Waals surface area contributed by atoms with E-state index in [2.05, 4.69) is 9.97 Å². The highest BCUT2D eigenvalue weighted by molar-refractivity contribution is 6.07. The first-order valence-electron chi connectivity index (χ1n) is 4.97. The number of aryl methyl sites for hydroxylation is 1. The third-order valence-electron chi connectivity index (χ3n) is 2.21. The van der Waals surface area contributed by atoms with E-state index >= 15 is 0 Å². The summed E-state index contributed by atoms with van der Waals surface area (Å²) in [5.41, 5.74) is 6.65. The number of halogens is 1. The predicted octanol–water partition coefficient (Wildman–Crippen LogP) is 1.74. The van der Waals surface area contributed by atoms with Crippen molar-refractivity contribution in [2.24, 2.45) is 0 Å². The topological polar surface area (TPSA) is 68.9 Å². The minimum atomic E-state index is -0.389. The molecule has 0 spiro atoms. The maximum atomic E-state index is 12.7. The van der Waals surface area contributed by atoms with Crippen LogP contribution in [-0.2, 0) is 0 Å². The second kappa shape index (κ2) is 4.29. The predicted molar refractivity (Wildman–Crippen MR) is 61.0 cm³/mol. The van der Waals surface area contributed by atoms with Gasteiger partial charge in [0.2, 0.25) is 11.7 Å². The maximum absolute atomic E-state index is 12.7. The Bertz CT molecular complexity index is 546. The molecule has 0 saturated carbocycles. The zero-order valence-corrected chi connectivity index (χ0v) is 9.14. The van der Waals surface area contributed by atoms with E-state index in [9.17, 15) is 9.18 Å². The molecule has 1 aromatic carbocycles. The number of carbonyl (C=O) groups excluding carboxylic acids is 1. The van der Waals surface area contributed by atoms with Gasteiger partial charge in [-0.3, -0.25) is 4.79 Å². The van der Waals surface area contributed by atoms with Gasteiger partial charge in [-0.25, -0.2) is 14.4 Å². The summed E-state index contributed by atoms with van der Waals surface area (Å²) in [6.45, 7) is 1.72. The van der Waals surface area contributed by atoms with Crippen molar-refractivity contribution in [3.05, 3.63) is 53.1 Å². The minimum Gasteiger partial charge on any atom is -0.368 e. The Morgan fingerprint density at radius 1 is 1.24 bits per heavy atom. The van der Waals surface area contributed by atoms with E-state index in [0.717, 1.165) is 0 Å². The second-order valence-electron chi connectivity index (χ2n) is 3.59. The lowest BCUT2D eigenvalue weighted by molar-refractivity contribution is 0.103. The molecule has 0 radical (unpaired) electrons. The van der Waals surface area contributed by atoms with Gasteiger partial charge in [-0.1, -0.05) is 0 Å². The van der Waals surface area contributed by atoms with Gasteiger partial charge in [0.1, 0.15) is 11.5 Å². The first kappa shape index (κ1) is 11.2. The number of anilines is 1. The van der Waals surface area contributed by atoms with Crippen LogP contribution in [0, 0.1) is 12.7 Å². The molecule has 17 heavy (non-hydrogen) atoms. The molecule has 1 aromatic heterocycles. The SMILES string of the molecule is Cc1cc(C(=O)c2ccc(F)cc2)nc(N)n1. The first-order chi connectivity index (χ1) is 8.06. The Morgan fingerprint density at radius 3 is 2.47 bits per heavy atom. The first-order valence-corrected chi connectivity index (χ1v) is 4.97. The van der Waals surface area contributed by atoms with E-state index in [1.807, 2.05) is 0 Å². The van der Waals surface area contributed by atoms with Crippen LogP contribution in [0.4, 0.5) is 10.3 Å². The van der Waals surface area contributed by atoms with Gasteiger partial charge in [0, 0.05) is 11.3 Å². The zero-order chi connectivity index (χ0) is 12.4. The van der Waals surface area contributed by atoms with E-state index in [1.54, 1.807) is 13.0 Å². The molecule has 0 atom stereocenters. The zero-order valence-electron chi connectivity index (χ0n) is 9.14. The lowest BCUT2D eigenvalue weighted by atomic mass is 10.1. The molecule has 1 heterocycles. The summed E-state index contributed by atoms with van der Waals surface area (Å²) in [4.78, 5) is 19.7. The fraction of sp³-hybridized carbons (Fsp3) is 0.0833. The molecule has 86 valence electrons. The summed E-state index contributed by atoms with van der Waals surface area (Å²) in [6, 6.07) is 6.81. The van der Waals surface area contributed by atoms with Crippen molar-refractivity contribution in [3.63, 3.8) is 0 Å². The number of nitrogen functional groups attached to an aromatic ring is 1. The lowest BCUT2D eigenvalue weighted by Crippen LogP contribution is -2.08. The largest absolute Gasteiger partial charge is 0.368 e. The van der Waals surface area contributed by atoms with Crippen molar-refractivity contribution in [2.75, 3.05) is 5.73 Å². The van der Waals surface area contributed by atoms with Gasteiger partial charge < -0.3 is 5.73 Å². The van der Waals surface area contributed by atoms with Crippen LogP contribution < -0.4 is 5.73 Å². The molecule has 0 unspecified atom stereocenters. The van der Waals surface area contributed by atoms with E-state index in [1.165, 1.54) is 24.3 Å². The van der Waals surface area contributed by atoms with Crippen molar-refractivity contribution < 1.29 is 9.18 Å². The molecule has 0 aliphatic heterocycles. The molecule has 0 aliphatic rings. The van der Waals surface area contributed by atoms with Crippen LogP contribution in [-0.4, -0.2) is 15.8 Å². The van der Waals surface area contributed by atoms with Gasteiger partial charge in [0.25, 0.3) is 0 Å². The Balaban J connectivity index is 2.40. The summed E-state index contributed by atoms with van der Waals surface area (Å²) in [7, 11) is 0. The van der Waals surface area contributed by atoms with Gasteiger partial charge in [-0.05, 0) is 37.3 Å². The Morgan fingerprint density at radius 2 is 1.88 bits per heavy atom.